The average Bonchev–Trinajstić information content (AvgIpc) is 2.61. The van der Waals surface area contributed by atoms with Gasteiger partial charge in [0.1, 0.15) is 18.1 Å². The predicted octanol–water partition coefficient (Wildman–Crippen LogP) is -0.868. The van der Waals surface area contributed by atoms with Crippen LogP contribution in [0.4, 0.5) is 0 Å². The van der Waals surface area contributed by atoms with Crippen molar-refractivity contribution in [1.82, 2.24) is 5.32 Å². The molecule has 9 nitrogen and oxygen atoms in total. The summed E-state index contributed by atoms with van der Waals surface area (Å²) in [4.78, 5) is 32.2. The third kappa shape index (κ3) is 13.9. The van der Waals surface area contributed by atoms with Crippen LogP contribution in [0.3, 0.4) is 0 Å². The van der Waals surface area contributed by atoms with Crippen molar-refractivity contribution in [3.8, 4) is 0 Å². The summed E-state index contributed by atoms with van der Waals surface area (Å²) in [6.07, 6.45) is 2.66. The number of likely N-dealkylation sites (N-methyl/N-ethyl adjacent to an activating group) is 1. The zero-order chi connectivity index (χ0) is 19.8. The number of hydrogen-bond acceptors (Lipinski definition) is 10. The number of hydrogen-bond donors (Lipinski definition) is 4. The highest BCUT2D eigenvalue weighted by molar-refractivity contribution is 7.99. The van der Waals surface area contributed by atoms with E-state index >= 15 is 0 Å². The molecule has 0 aromatic rings. The first-order valence-corrected chi connectivity index (χ1v) is 9.93. The molecule has 0 radical (unpaired) electrons. The van der Waals surface area contributed by atoms with E-state index < -0.39 is 30.1 Å². The number of nitrogens with one attached hydrogen (secondary N) is 1. The Balaban J connectivity index is 0. The molecule has 3 unspecified atom stereocenters. The molecule has 3 atom stereocenters. The summed E-state index contributed by atoms with van der Waals surface area (Å²) in [6.45, 7) is 0. The fourth-order valence-electron chi connectivity index (χ4n) is 1.32. The van der Waals surface area contributed by atoms with E-state index in [4.69, 9.17) is 16.6 Å². The van der Waals surface area contributed by atoms with E-state index in [0.717, 1.165) is 5.75 Å². The molecule has 0 saturated heterocycles. The first kappa shape index (κ1) is 26.2. The maximum absolute atomic E-state index is 10.9. The molecule has 148 valence electrons. The fraction of sp³-hybridized carbons (Fsp3) is 0.786. The van der Waals surface area contributed by atoms with Gasteiger partial charge in [-0.1, -0.05) is 0 Å². The molecule has 0 rings (SSSR count). The highest BCUT2D eigenvalue weighted by atomic mass is 32.2. The number of nitrogens with two attached hydrogens (primary N) is 2. The van der Waals surface area contributed by atoms with Crippen molar-refractivity contribution in [3.63, 3.8) is 0 Å². The number of esters is 2. The van der Waals surface area contributed by atoms with E-state index in [2.05, 4.69) is 14.8 Å². The van der Waals surface area contributed by atoms with E-state index in [9.17, 15) is 14.4 Å². The molecule has 11 heteroatoms. The maximum atomic E-state index is 10.9. The smallest absolute Gasteiger partial charge is 0.323 e. The van der Waals surface area contributed by atoms with Crippen LogP contribution in [0, 0.1) is 0 Å². The third-order valence-electron chi connectivity index (χ3n) is 2.87. The van der Waals surface area contributed by atoms with Gasteiger partial charge in [0.25, 0.3) is 0 Å². The Kier molecular flexibility index (Phi) is 17.3. The quantitative estimate of drug-likeness (QED) is 0.321. The molecule has 25 heavy (non-hydrogen) atoms. The van der Waals surface area contributed by atoms with E-state index in [1.54, 1.807) is 18.8 Å². The largest absolute Gasteiger partial charge is 0.480 e. The number of carboxylic acid groups (broad SMARTS) is 1. The normalized spacial score (nSPS) is 13.7. The van der Waals surface area contributed by atoms with Gasteiger partial charge in [0.2, 0.25) is 0 Å². The zero-order valence-electron chi connectivity index (χ0n) is 15.0. The summed E-state index contributed by atoms with van der Waals surface area (Å²) in [6, 6.07) is -1.77. The van der Waals surface area contributed by atoms with Crippen LogP contribution in [-0.2, 0) is 23.9 Å². The molecular weight excluding hydrogens is 370 g/mol. The predicted molar refractivity (Wildman–Crippen MR) is 101 cm³/mol. The van der Waals surface area contributed by atoms with Crippen LogP contribution in [0.2, 0.25) is 0 Å². The lowest BCUT2D eigenvalue weighted by Crippen LogP contribution is -2.38. The van der Waals surface area contributed by atoms with Crippen LogP contribution in [0.25, 0.3) is 0 Å². The number of carbonyl (C=O) groups is 3. The van der Waals surface area contributed by atoms with Gasteiger partial charge < -0.3 is 31.4 Å². The van der Waals surface area contributed by atoms with Gasteiger partial charge in [-0.05, 0) is 25.5 Å². The van der Waals surface area contributed by atoms with Gasteiger partial charge in [0, 0.05) is 11.5 Å². The minimum Gasteiger partial charge on any atom is -0.480 e. The molecule has 0 amide bonds. The van der Waals surface area contributed by atoms with Gasteiger partial charge in [0.05, 0.1) is 14.2 Å². The molecule has 0 spiro atoms. The standard InChI is InChI=1S/C8H16N2O4S.C6H13NO2S/c1-10-6(7(11)12)4-15-3-5(9)8(13)14-2;1-9-6(8)5(7)3-4-10-2/h5-6,10H,3-4,9H2,1-2H3,(H,11,12);5H,3-4,7H2,1-2H3. The van der Waals surface area contributed by atoms with E-state index in [1.807, 2.05) is 6.26 Å². The van der Waals surface area contributed by atoms with Gasteiger partial charge in [-0.2, -0.15) is 23.5 Å². The van der Waals surface area contributed by atoms with Crippen LogP contribution in [0.5, 0.6) is 0 Å². The van der Waals surface area contributed by atoms with Crippen molar-refractivity contribution < 1.29 is 29.0 Å². The molecule has 0 bridgehead atoms. The van der Waals surface area contributed by atoms with Crippen molar-refractivity contribution in [2.24, 2.45) is 11.5 Å². The second kappa shape index (κ2) is 16.5. The van der Waals surface area contributed by atoms with E-state index in [1.165, 1.54) is 26.0 Å². The van der Waals surface area contributed by atoms with Crippen molar-refractivity contribution in [2.45, 2.75) is 24.5 Å². The number of methoxy groups -OCH3 is 2. The SMILES string of the molecule is CNC(CSCC(N)C(=O)OC)C(=O)O.COC(=O)C(N)CCSC. The van der Waals surface area contributed by atoms with Crippen molar-refractivity contribution in [3.05, 3.63) is 0 Å². The van der Waals surface area contributed by atoms with E-state index in [0.29, 0.717) is 17.9 Å². The first-order valence-electron chi connectivity index (χ1n) is 7.38. The van der Waals surface area contributed by atoms with Gasteiger partial charge in [0.15, 0.2) is 0 Å². The summed E-state index contributed by atoms with van der Waals surface area (Å²) < 4.78 is 8.87. The highest BCUT2D eigenvalue weighted by Crippen LogP contribution is 2.05. The van der Waals surface area contributed by atoms with Crippen LogP contribution in [0.1, 0.15) is 6.42 Å². The number of ether oxygens (including phenoxy) is 2. The molecule has 0 aromatic heterocycles. The number of carboxylic acids is 1. The average molecular weight is 400 g/mol. The molecule has 0 heterocycles. The Morgan fingerprint density at radius 1 is 1.08 bits per heavy atom. The van der Waals surface area contributed by atoms with Crippen LogP contribution >= 0.6 is 23.5 Å². The van der Waals surface area contributed by atoms with Gasteiger partial charge in [-0.25, -0.2) is 0 Å². The Morgan fingerprint density at radius 3 is 2.00 bits per heavy atom. The Labute approximate surface area is 156 Å². The number of thioether (sulfide) groups is 2. The third-order valence-corrected chi connectivity index (χ3v) is 4.68. The lowest BCUT2D eigenvalue weighted by atomic mass is 10.2. The van der Waals surface area contributed by atoms with Crippen LogP contribution < -0.4 is 16.8 Å². The van der Waals surface area contributed by atoms with Crippen molar-refractivity contribution in [1.29, 1.82) is 0 Å². The van der Waals surface area contributed by atoms with Crippen LogP contribution in [0.15, 0.2) is 0 Å². The molecule has 0 aliphatic carbocycles. The van der Waals surface area contributed by atoms with Crippen molar-refractivity contribution in [2.75, 3.05) is 44.8 Å². The number of rotatable bonds is 11. The molecule has 0 aliphatic rings. The summed E-state index contributed by atoms with van der Waals surface area (Å²) in [7, 11) is 4.18. The molecule has 6 N–H and O–H groups in total. The summed E-state index contributed by atoms with van der Waals surface area (Å²) in [5.41, 5.74) is 10.9. The molecular formula is C14H29N3O6S2. The molecule has 0 aromatic carbocycles. The minimum atomic E-state index is -0.920. The van der Waals surface area contributed by atoms with E-state index in [-0.39, 0.29) is 5.97 Å². The first-order chi connectivity index (χ1) is 11.7. The van der Waals surface area contributed by atoms with Gasteiger partial charge in [-0.3, -0.25) is 14.4 Å². The van der Waals surface area contributed by atoms with Gasteiger partial charge in [-0.15, -0.1) is 0 Å². The maximum Gasteiger partial charge on any atom is 0.323 e. The summed E-state index contributed by atoms with van der Waals surface area (Å²) in [5, 5.41) is 11.3. The second-order valence-corrected chi connectivity index (χ2v) is 6.82. The summed E-state index contributed by atoms with van der Waals surface area (Å²) in [5.74, 6) is -0.130. The number of aliphatic carboxylic acids is 1. The Morgan fingerprint density at radius 2 is 1.60 bits per heavy atom. The van der Waals surface area contributed by atoms with Crippen molar-refractivity contribution >= 4 is 41.4 Å². The van der Waals surface area contributed by atoms with Crippen LogP contribution in [-0.4, -0.2) is 85.9 Å². The second-order valence-electron chi connectivity index (χ2n) is 4.76. The fourth-order valence-corrected chi connectivity index (χ4v) is 2.89. The lowest BCUT2D eigenvalue weighted by molar-refractivity contribution is -0.142. The zero-order valence-corrected chi connectivity index (χ0v) is 16.7. The monoisotopic (exact) mass is 399 g/mol. The Hall–Kier alpha value is -1.01. The highest BCUT2D eigenvalue weighted by Gasteiger charge is 2.18. The number of carbonyl (C=O) groups excluding carboxylic acids is 2. The molecule has 0 saturated carbocycles. The molecule has 0 aliphatic heterocycles. The Bertz CT molecular complexity index is 401. The van der Waals surface area contributed by atoms with Gasteiger partial charge >= 0.3 is 17.9 Å². The summed E-state index contributed by atoms with van der Waals surface area (Å²) >= 11 is 2.97. The topological polar surface area (TPSA) is 154 Å². The molecule has 0 fully saturated rings. The minimum absolute atomic E-state index is 0.325. The lowest BCUT2D eigenvalue weighted by Gasteiger charge is -2.12.